The van der Waals surface area contributed by atoms with Crippen LogP contribution in [0.1, 0.15) is 32.4 Å². The van der Waals surface area contributed by atoms with Crippen molar-refractivity contribution < 1.29 is 9.47 Å². The molecule has 4 rings (SSSR count). The Kier molecular flexibility index (Phi) is 4.81. The second kappa shape index (κ2) is 7.38. The molecule has 2 N–H and O–H groups in total. The van der Waals surface area contributed by atoms with Crippen molar-refractivity contribution in [2.24, 2.45) is 0 Å². The van der Waals surface area contributed by atoms with Crippen LogP contribution in [-0.2, 0) is 4.74 Å². The van der Waals surface area contributed by atoms with Crippen LogP contribution in [0.2, 0.25) is 0 Å². The molecule has 136 valence electrons. The SMILES string of the molecule is CCOc1nc(-c2ccnc(N)c2)sc1-c1ncn(C2CCCCO2)n1. The van der Waals surface area contributed by atoms with E-state index in [1.165, 1.54) is 11.3 Å². The van der Waals surface area contributed by atoms with Gasteiger partial charge >= 0.3 is 0 Å². The summed E-state index contributed by atoms with van der Waals surface area (Å²) in [6, 6.07) is 3.66. The van der Waals surface area contributed by atoms with E-state index in [0.717, 1.165) is 41.3 Å². The summed E-state index contributed by atoms with van der Waals surface area (Å²) in [5, 5.41) is 5.40. The lowest BCUT2D eigenvalue weighted by molar-refractivity contribution is -0.0395. The van der Waals surface area contributed by atoms with E-state index in [1.54, 1.807) is 23.3 Å². The highest BCUT2D eigenvalue weighted by molar-refractivity contribution is 7.18. The quantitative estimate of drug-likeness (QED) is 0.734. The molecule has 0 radical (unpaired) electrons. The highest BCUT2D eigenvalue weighted by Gasteiger charge is 2.22. The first-order valence-electron chi connectivity index (χ1n) is 8.63. The lowest BCUT2D eigenvalue weighted by atomic mass is 10.2. The van der Waals surface area contributed by atoms with E-state index in [0.29, 0.717) is 24.1 Å². The minimum absolute atomic E-state index is 0.0482. The third kappa shape index (κ3) is 3.40. The minimum atomic E-state index is -0.0482. The van der Waals surface area contributed by atoms with Crippen LogP contribution in [0.3, 0.4) is 0 Å². The van der Waals surface area contributed by atoms with Crippen LogP contribution in [0.5, 0.6) is 5.88 Å². The number of nitrogens with zero attached hydrogens (tertiary/aromatic N) is 5. The summed E-state index contributed by atoms with van der Waals surface area (Å²) in [6.45, 7) is 3.20. The first-order chi connectivity index (χ1) is 12.7. The standard InChI is InChI=1S/C17H20N6O2S/c1-2-24-16-14(26-17(21-16)11-6-7-19-12(18)9-11)15-20-10-23(22-15)13-5-3-4-8-25-13/h6-7,9-10,13H,2-5,8H2,1H3,(H2,18,19). The zero-order valence-electron chi connectivity index (χ0n) is 14.5. The van der Waals surface area contributed by atoms with Crippen LogP contribution in [0, 0.1) is 0 Å². The number of anilines is 1. The average Bonchev–Trinajstić information content (AvgIpc) is 3.30. The Morgan fingerprint density at radius 2 is 2.31 bits per heavy atom. The Morgan fingerprint density at radius 1 is 1.38 bits per heavy atom. The summed E-state index contributed by atoms with van der Waals surface area (Å²) < 4.78 is 13.3. The maximum Gasteiger partial charge on any atom is 0.236 e. The second-order valence-electron chi connectivity index (χ2n) is 5.93. The highest BCUT2D eigenvalue weighted by Crippen LogP contribution is 2.39. The Bertz CT molecular complexity index is 887. The van der Waals surface area contributed by atoms with Crippen molar-refractivity contribution in [2.75, 3.05) is 18.9 Å². The lowest BCUT2D eigenvalue weighted by Gasteiger charge is -2.21. The summed E-state index contributed by atoms with van der Waals surface area (Å²) in [7, 11) is 0. The first-order valence-corrected chi connectivity index (χ1v) is 9.45. The van der Waals surface area contributed by atoms with Crippen LogP contribution in [-0.4, -0.2) is 37.9 Å². The Hall–Kier alpha value is -2.52. The maximum atomic E-state index is 5.79. The van der Waals surface area contributed by atoms with Gasteiger partial charge in [0.15, 0.2) is 12.1 Å². The van der Waals surface area contributed by atoms with E-state index >= 15 is 0 Å². The number of hydrogen-bond donors (Lipinski definition) is 1. The van der Waals surface area contributed by atoms with Crippen LogP contribution in [0.15, 0.2) is 24.7 Å². The number of pyridine rings is 1. The van der Waals surface area contributed by atoms with E-state index in [4.69, 9.17) is 15.2 Å². The Labute approximate surface area is 155 Å². The van der Waals surface area contributed by atoms with Gasteiger partial charge in [0.2, 0.25) is 5.88 Å². The number of rotatable bonds is 5. The van der Waals surface area contributed by atoms with Crippen molar-refractivity contribution >= 4 is 17.2 Å². The topological polar surface area (TPSA) is 101 Å². The molecule has 3 aromatic heterocycles. The van der Waals surface area contributed by atoms with Crippen molar-refractivity contribution in [3.05, 3.63) is 24.7 Å². The van der Waals surface area contributed by atoms with Gasteiger partial charge in [-0.1, -0.05) is 0 Å². The smallest absolute Gasteiger partial charge is 0.236 e. The molecule has 0 saturated carbocycles. The van der Waals surface area contributed by atoms with Gasteiger partial charge in [-0.2, -0.15) is 0 Å². The Morgan fingerprint density at radius 3 is 3.08 bits per heavy atom. The molecule has 3 aromatic rings. The van der Waals surface area contributed by atoms with Crippen molar-refractivity contribution in [1.82, 2.24) is 24.7 Å². The normalized spacial score (nSPS) is 17.3. The van der Waals surface area contributed by atoms with Crippen LogP contribution >= 0.6 is 11.3 Å². The van der Waals surface area contributed by atoms with Gasteiger partial charge in [0.25, 0.3) is 0 Å². The van der Waals surface area contributed by atoms with Crippen LogP contribution < -0.4 is 10.5 Å². The summed E-state index contributed by atoms with van der Waals surface area (Å²) in [4.78, 5) is 13.9. The van der Waals surface area contributed by atoms with Gasteiger partial charge in [-0.05, 0) is 38.3 Å². The van der Waals surface area contributed by atoms with E-state index < -0.39 is 0 Å². The summed E-state index contributed by atoms with van der Waals surface area (Å²) >= 11 is 1.48. The molecule has 1 fully saturated rings. The molecule has 0 bridgehead atoms. The monoisotopic (exact) mass is 372 g/mol. The molecule has 1 aliphatic heterocycles. The molecule has 26 heavy (non-hydrogen) atoms. The molecule has 0 aliphatic carbocycles. The number of thiazole rings is 1. The van der Waals surface area contributed by atoms with Gasteiger partial charge in [-0.15, -0.1) is 16.4 Å². The molecular weight excluding hydrogens is 352 g/mol. The number of hydrogen-bond acceptors (Lipinski definition) is 8. The third-order valence-corrected chi connectivity index (χ3v) is 5.15. The Balaban J connectivity index is 1.68. The van der Waals surface area contributed by atoms with Crippen molar-refractivity contribution in [1.29, 1.82) is 0 Å². The molecular formula is C17H20N6O2S. The molecule has 4 heterocycles. The average molecular weight is 372 g/mol. The fourth-order valence-corrected chi connectivity index (χ4v) is 3.78. The largest absolute Gasteiger partial charge is 0.477 e. The first kappa shape index (κ1) is 16.9. The van der Waals surface area contributed by atoms with Gasteiger partial charge in [-0.25, -0.2) is 19.6 Å². The molecule has 1 atom stereocenters. The summed E-state index contributed by atoms with van der Waals surface area (Å²) in [5.41, 5.74) is 6.68. The summed E-state index contributed by atoms with van der Waals surface area (Å²) in [5.74, 6) is 1.58. The van der Waals surface area contributed by atoms with Gasteiger partial charge < -0.3 is 15.2 Å². The van der Waals surface area contributed by atoms with Crippen molar-refractivity contribution in [3.8, 4) is 27.2 Å². The van der Waals surface area contributed by atoms with Gasteiger partial charge in [-0.3, -0.25) is 0 Å². The molecule has 9 heteroatoms. The lowest BCUT2D eigenvalue weighted by Crippen LogP contribution is -2.18. The summed E-state index contributed by atoms with van der Waals surface area (Å²) in [6.07, 6.45) is 6.52. The molecule has 1 unspecified atom stereocenters. The van der Waals surface area contributed by atoms with Gasteiger partial charge in [0.1, 0.15) is 22.0 Å². The van der Waals surface area contributed by atoms with E-state index in [-0.39, 0.29) is 6.23 Å². The van der Waals surface area contributed by atoms with E-state index in [9.17, 15) is 0 Å². The molecule has 0 spiro atoms. The zero-order valence-corrected chi connectivity index (χ0v) is 15.3. The van der Waals surface area contributed by atoms with Gasteiger partial charge in [0.05, 0.1) is 6.61 Å². The molecule has 0 aromatic carbocycles. The third-order valence-electron chi connectivity index (χ3n) is 4.07. The van der Waals surface area contributed by atoms with Crippen molar-refractivity contribution in [3.63, 3.8) is 0 Å². The second-order valence-corrected chi connectivity index (χ2v) is 6.92. The fraction of sp³-hybridized carbons (Fsp3) is 0.412. The van der Waals surface area contributed by atoms with Crippen LogP contribution in [0.4, 0.5) is 5.82 Å². The molecule has 1 aliphatic rings. The fourth-order valence-electron chi connectivity index (χ4n) is 2.84. The number of ether oxygens (including phenoxy) is 2. The maximum absolute atomic E-state index is 5.79. The minimum Gasteiger partial charge on any atom is -0.477 e. The number of aromatic nitrogens is 5. The number of nitrogen functional groups attached to an aromatic ring is 1. The predicted octanol–water partition coefficient (Wildman–Crippen LogP) is 3.14. The highest BCUT2D eigenvalue weighted by atomic mass is 32.1. The van der Waals surface area contributed by atoms with Crippen molar-refractivity contribution in [2.45, 2.75) is 32.4 Å². The molecule has 8 nitrogen and oxygen atoms in total. The molecule has 1 saturated heterocycles. The van der Waals surface area contributed by atoms with E-state index in [2.05, 4.69) is 20.1 Å². The van der Waals surface area contributed by atoms with Crippen LogP contribution in [0.25, 0.3) is 21.3 Å². The van der Waals surface area contributed by atoms with E-state index in [1.807, 2.05) is 13.0 Å². The zero-order chi connectivity index (χ0) is 17.9. The molecule has 0 amide bonds. The number of nitrogens with two attached hydrogens (primary N) is 1. The van der Waals surface area contributed by atoms with Gasteiger partial charge in [0, 0.05) is 18.4 Å². The predicted molar refractivity (Wildman–Crippen MR) is 98.8 cm³/mol.